The van der Waals surface area contributed by atoms with Crippen LogP contribution in [0.5, 0.6) is 5.75 Å². The van der Waals surface area contributed by atoms with Crippen LogP contribution in [-0.4, -0.2) is 44.2 Å². The van der Waals surface area contributed by atoms with Crippen molar-refractivity contribution in [2.45, 2.75) is 23.8 Å². The molecule has 1 saturated heterocycles. The van der Waals surface area contributed by atoms with Gasteiger partial charge in [-0.3, -0.25) is 9.59 Å². The van der Waals surface area contributed by atoms with Crippen molar-refractivity contribution in [1.82, 2.24) is 4.31 Å². The van der Waals surface area contributed by atoms with E-state index in [0.717, 1.165) is 10.4 Å². The molecule has 8 nitrogen and oxygen atoms in total. The van der Waals surface area contributed by atoms with Crippen LogP contribution < -0.4 is 15.8 Å². The van der Waals surface area contributed by atoms with Crippen molar-refractivity contribution in [2.75, 3.05) is 19.0 Å². The third-order valence-corrected chi connectivity index (χ3v) is 8.49. The highest BCUT2D eigenvalue weighted by Crippen LogP contribution is 2.36. The summed E-state index contributed by atoms with van der Waals surface area (Å²) >= 11 is 1.22. The standard InChI is InChI=1S/C23H23N3O5S2/c1-31-16-9-11-17(12-10-16)33(29,30)26-13-5-8-19(26)22(28)25-23-18(21(24)27)14-20(32-23)15-6-3-2-4-7-15/h2-4,6-7,9-12,14,19H,5,8,13H2,1H3,(H2,24,27)(H,25,28). The number of methoxy groups -OCH3 is 1. The number of carbonyl (C=O) groups is 2. The summed E-state index contributed by atoms with van der Waals surface area (Å²) in [6, 6.07) is 16.2. The number of hydrogen-bond donors (Lipinski definition) is 2. The molecule has 1 fully saturated rings. The predicted molar refractivity (Wildman–Crippen MR) is 127 cm³/mol. The first-order valence-electron chi connectivity index (χ1n) is 10.3. The molecule has 1 aliphatic rings. The Kier molecular flexibility index (Phi) is 6.50. The highest BCUT2D eigenvalue weighted by molar-refractivity contribution is 7.89. The molecule has 0 bridgehead atoms. The minimum Gasteiger partial charge on any atom is -0.497 e. The number of amides is 2. The van der Waals surface area contributed by atoms with E-state index in [9.17, 15) is 18.0 Å². The molecule has 1 aromatic heterocycles. The molecule has 0 radical (unpaired) electrons. The van der Waals surface area contributed by atoms with Gasteiger partial charge < -0.3 is 15.8 Å². The summed E-state index contributed by atoms with van der Waals surface area (Å²) in [5, 5.41) is 3.05. The van der Waals surface area contributed by atoms with Gasteiger partial charge in [0.05, 0.1) is 17.6 Å². The van der Waals surface area contributed by atoms with Crippen LogP contribution in [0, 0.1) is 0 Å². The number of thiophene rings is 1. The van der Waals surface area contributed by atoms with E-state index in [1.54, 1.807) is 18.2 Å². The lowest BCUT2D eigenvalue weighted by atomic mass is 10.1. The van der Waals surface area contributed by atoms with Crippen LogP contribution in [0.2, 0.25) is 0 Å². The molecule has 2 amide bonds. The normalized spacial score (nSPS) is 16.5. The molecular formula is C23H23N3O5S2. The lowest BCUT2D eigenvalue weighted by Crippen LogP contribution is -2.43. The molecule has 172 valence electrons. The van der Waals surface area contributed by atoms with Gasteiger partial charge in [0, 0.05) is 11.4 Å². The quantitative estimate of drug-likeness (QED) is 0.532. The van der Waals surface area contributed by atoms with Crippen LogP contribution >= 0.6 is 11.3 Å². The van der Waals surface area contributed by atoms with E-state index in [-0.39, 0.29) is 17.0 Å². The largest absolute Gasteiger partial charge is 0.497 e. The molecule has 3 N–H and O–H groups in total. The minimum absolute atomic E-state index is 0.0864. The summed E-state index contributed by atoms with van der Waals surface area (Å²) in [5.41, 5.74) is 6.61. The Hall–Kier alpha value is -3.21. The van der Waals surface area contributed by atoms with Crippen molar-refractivity contribution in [1.29, 1.82) is 0 Å². The molecule has 3 aromatic rings. The summed E-state index contributed by atoms with van der Waals surface area (Å²) in [5.74, 6) is -0.623. The molecule has 1 aliphatic heterocycles. The highest BCUT2D eigenvalue weighted by atomic mass is 32.2. The maximum absolute atomic E-state index is 13.2. The molecule has 1 atom stereocenters. The van der Waals surface area contributed by atoms with Gasteiger partial charge in [0.25, 0.3) is 5.91 Å². The van der Waals surface area contributed by atoms with Crippen LogP contribution in [0.15, 0.2) is 65.6 Å². The summed E-state index contributed by atoms with van der Waals surface area (Å²) < 4.78 is 32.7. The lowest BCUT2D eigenvalue weighted by Gasteiger charge is -2.23. The molecule has 4 rings (SSSR count). The van der Waals surface area contributed by atoms with E-state index < -0.39 is 27.9 Å². The number of hydrogen-bond acceptors (Lipinski definition) is 6. The van der Waals surface area contributed by atoms with Crippen LogP contribution in [0.25, 0.3) is 10.4 Å². The molecule has 1 unspecified atom stereocenters. The molecule has 2 aromatic carbocycles. The maximum Gasteiger partial charge on any atom is 0.251 e. The molecule has 2 heterocycles. The second-order valence-corrected chi connectivity index (χ2v) is 10.5. The smallest absolute Gasteiger partial charge is 0.251 e. The first-order valence-corrected chi connectivity index (χ1v) is 12.5. The average molecular weight is 486 g/mol. The minimum atomic E-state index is -3.89. The first kappa shape index (κ1) is 23.0. The van der Waals surface area contributed by atoms with Gasteiger partial charge in [-0.2, -0.15) is 4.31 Å². The average Bonchev–Trinajstić information content (AvgIpc) is 3.48. The molecule has 0 aliphatic carbocycles. The van der Waals surface area contributed by atoms with Crippen molar-refractivity contribution < 1.29 is 22.7 Å². The number of ether oxygens (including phenoxy) is 1. The lowest BCUT2D eigenvalue weighted by molar-refractivity contribution is -0.119. The molecule has 0 saturated carbocycles. The fourth-order valence-corrected chi connectivity index (χ4v) is 6.51. The zero-order valence-electron chi connectivity index (χ0n) is 17.9. The van der Waals surface area contributed by atoms with Crippen LogP contribution in [0.3, 0.4) is 0 Å². The highest BCUT2D eigenvalue weighted by Gasteiger charge is 2.40. The van der Waals surface area contributed by atoms with Crippen molar-refractivity contribution in [2.24, 2.45) is 5.73 Å². The summed E-state index contributed by atoms with van der Waals surface area (Å²) in [6.07, 6.45) is 0.930. The Labute approximate surface area is 196 Å². The number of carbonyl (C=O) groups excluding carboxylic acids is 2. The number of anilines is 1. The van der Waals surface area contributed by atoms with Gasteiger partial charge in [0.1, 0.15) is 16.8 Å². The molecule has 10 heteroatoms. The van der Waals surface area contributed by atoms with Crippen molar-refractivity contribution in [3.8, 4) is 16.2 Å². The summed E-state index contributed by atoms with van der Waals surface area (Å²) in [4.78, 5) is 26.0. The predicted octanol–water partition coefficient (Wildman–Crippen LogP) is 3.31. The Balaban J connectivity index is 1.59. The third-order valence-electron chi connectivity index (χ3n) is 5.46. The zero-order chi connectivity index (χ0) is 23.6. The number of primary amides is 1. The Morgan fingerprint density at radius 1 is 1.12 bits per heavy atom. The number of nitrogens with zero attached hydrogens (tertiary/aromatic N) is 1. The van der Waals surface area contributed by atoms with Crippen molar-refractivity contribution >= 4 is 38.2 Å². The monoisotopic (exact) mass is 485 g/mol. The number of rotatable bonds is 7. The van der Waals surface area contributed by atoms with Crippen molar-refractivity contribution in [3.63, 3.8) is 0 Å². The Bertz CT molecular complexity index is 1270. The number of nitrogens with two attached hydrogens (primary N) is 1. The van der Waals surface area contributed by atoms with E-state index in [1.807, 2.05) is 30.3 Å². The van der Waals surface area contributed by atoms with E-state index in [1.165, 1.54) is 34.9 Å². The van der Waals surface area contributed by atoms with Gasteiger partial charge in [-0.05, 0) is 48.7 Å². The van der Waals surface area contributed by atoms with E-state index in [4.69, 9.17) is 10.5 Å². The second-order valence-electron chi connectivity index (χ2n) is 7.52. The van der Waals surface area contributed by atoms with Gasteiger partial charge in [0.15, 0.2) is 0 Å². The van der Waals surface area contributed by atoms with Gasteiger partial charge >= 0.3 is 0 Å². The Morgan fingerprint density at radius 3 is 2.45 bits per heavy atom. The van der Waals surface area contributed by atoms with E-state index in [0.29, 0.717) is 23.6 Å². The van der Waals surface area contributed by atoms with Gasteiger partial charge in [0.2, 0.25) is 15.9 Å². The van der Waals surface area contributed by atoms with E-state index in [2.05, 4.69) is 5.32 Å². The second kappa shape index (κ2) is 9.34. The fourth-order valence-electron chi connectivity index (χ4n) is 3.78. The van der Waals surface area contributed by atoms with Gasteiger partial charge in [-0.1, -0.05) is 30.3 Å². The zero-order valence-corrected chi connectivity index (χ0v) is 19.5. The van der Waals surface area contributed by atoms with Crippen LogP contribution in [0.4, 0.5) is 5.00 Å². The molecular weight excluding hydrogens is 462 g/mol. The fraction of sp³-hybridized carbons (Fsp3) is 0.217. The Morgan fingerprint density at radius 2 is 1.82 bits per heavy atom. The molecule has 0 spiro atoms. The third kappa shape index (κ3) is 4.63. The van der Waals surface area contributed by atoms with Crippen LogP contribution in [-0.2, 0) is 14.8 Å². The van der Waals surface area contributed by atoms with Crippen LogP contribution in [0.1, 0.15) is 23.2 Å². The van der Waals surface area contributed by atoms with Crippen molar-refractivity contribution in [3.05, 3.63) is 66.2 Å². The van der Waals surface area contributed by atoms with Gasteiger partial charge in [-0.15, -0.1) is 11.3 Å². The van der Waals surface area contributed by atoms with Gasteiger partial charge in [-0.25, -0.2) is 8.42 Å². The SMILES string of the molecule is COc1ccc(S(=O)(=O)N2CCCC2C(=O)Nc2sc(-c3ccccc3)cc2C(N)=O)cc1. The first-order chi connectivity index (χ1) is 15.8. The summed E-state index contributed by atoms with van der Waals surface area (Å²) in [6.45, 7) is 0.231. The number of nitrogens with one attached hydrogen (secondary N) is 1. The topological polar surface area (TPSA) is 119 Å². The number of sulfonamides is 1. The molecule has 33 heavy (non-hydrogen) atoms. The summed E-state index contributed by atoms with van der Waals surface area (Å²) in [7, 11) is -2.39. The maximum atomic E-state index is 13.2. The number of benzene rings is 2. The van der Waals surface area contributed by atoms with E-state index >= 15 is 0 Å².